The maximum absolute atomic E-state index is 11.2. The van der Waals surface area contributed by atoms with Gasteiger partial charge in [0.1, 0.15) is 5.82 Å². The Morgan fingerprint density at radius 2 is 2.29 bits per heavy atom. The fraction of sp³-hybridized carbons (Fsp3) is 0.333. The summed E-state index contributed by atoms with van der Waals surface area (Å²) in [4.78, 5) is 15.4. The number of pyridine rings is 1. The van der Waals surface area contributed by atoms with Crippen molar-refractivity contribution in [3.05, 3.63) is 34.3 Å². The topological polar surface area (TPSA) is 54.6 Å². The van der Waals surface area contributed by atoms with Gasteiger partial charge in [0.2, 0.25) is 0 Å². The number of nitrogens with zero attached hydrogens (tertiary/aromatic N) is 2. The van der Waals surface area contributed by atoms with Crippen LogP contribution in [0, 0.1) is 5.92 Å². The number of carboxylic acid groups (broad SMARTS) is 1. The summed E-state index contributed by atoms with van der Waals surface area (Å²) >= 11 is 3.37. The smallest absolute Gasteiger partial charge is 0.356 e. The van der Waals surface area contributed by atoms with Gasteiger partial charge in [0.15, 0.2) is 5.69 Å². The summed E-state index contributed by atoms with van der Waals surface area (Å²) in [5.41, 5.74) is 0.726. The van der Waals surface area contributed by atoms with Gasteiger partial charge < -0.3 is 9.51 Å². The van der Waals surface area contributed by atoms with Gasteiger partial charge in [-0.1, -0.05) is 13.8 Å². The van der Waals surface area contributed by atoms with E-state index in [1.54, 1.807) is 0 Å². The van der Waals surface area contributed by atoms with E-state index < -0.39 is 5.97 Å². The lowest BCUT2D eigenvalue weighted by atomic mass is 10.1. The van der Waals surface area contributed by atoms with Crippen LogP contribution in [0.4, 0.5) is 0 Å². The zero-order valence-corrected chi connectivity index (χ0v) is 11.2. The Kier molecular flexibility index (Phi) is 3.19. The Morgan fingerprint density at radius 1 is 1.59 bits per heavy atom. The molecule has 5 heteroatoms. The fourth-order valence-electron chi connectivity index (χ4n) is 1.82. The van der Waals surface area contributed by atoms with Gasteiger partial charge in [0, 0.05) is 17.1 Å². The number of fused-ring (bicyclic) bond motifs is 1. The Bertz CT molecular complexity index is 575. The van der Waals surface area contributed by atoms with E-state index in [4.69, 9.17) is 5.11 Å². The Labute approximate surface area is 107 Å². The molecule has 2 aromatic rings. The Balaban J connectivity index is 2.71. The molecule has 0 aliphatic rings. The van der Waals surface area contributed by atoms with E-state index in [2.05, 4.69) is 34.8 Å². The summed E-state index contributed by atoms with van der Waals surface area (Å²) in [6.07, 6.45) is 2.60. The lowest BCUT2D eigenvalue weighted by Crippen LogP contribution is -2.00. The van der Waals surface area contributed by atoms with Crippen molar-refractivity contribution in [2.24, 2.45) is 5.92 Å². The van der Waals surface area contributed by atoms with Crippen LogP contribution in [0.15, 0.2) is 22.8 Å². The van der Waals surface area contributed by atoms with Gasteiger partial charge in [0.05, 0.1) is 5.52 Å². The van der Waals surface area contributed by atoms with E-state index in [0.29, 0.717) is 11.4 Å². The summed E-state index contributed by atoms with van der Waals surface area (Å²) in [6.45, 7) is 4.17. The number of carbonyl (C=O) groups is 1. The molecule has 0 saturated heterocycles. The molecule has 90 valence electrons. The lowest BCUT2D eigenvalue weighted by Gasteiger charge is -2.04. The maximum atomic E-state index is 11.2. The maximum Gasteiger partial charge on any atom is 0.356 e. The third-order valence-electron chi connectivity index (χ3n) is 2.48. The number of aromatic carboxylic acids is 1. The predicted molar refractivity (Wildman–Crippen MR) is 68.4 cm³/mol. The minimum atomic E-state index is -0.996. The third-order valence-corrected chi connectivity index (χ3v) is 3.12. The predicted octanol–water partition coefficient (Wildman–Crippen LogP) is 2.99. The molecule has 0 saturated carbocycles. The molecule has 0 amide bonds. The van der Waals surface area contributed by atoms with Crippen molar-refractivity contribution in [2.45, 2.75) is 20.3 Å². The number of hydrogen-bond acceptors (Lipinski definition) is 2. The number of imidazole rings is 1. The van der Waals surface area contributed by atoms with Crippen molar-refractivity contribution in [3.63, 3.8) is 0 Å². The van der Waals surface area contributed by atoms with E-state index >= 15 is 0 Å². The first-order valence-electron chi connectivity index (χ1n) is 5.39. The Hall–Kier alpha value is -1.36. The molecule has 0 fully saturated rings. The van der Waals surface area contributed by atoms with Crippen LogP contribution in [0.1, 0.15) is 30.2 Å². The van der Waals surface area contributed by atoms with Crippen LogP contribution in [-0.4, -0.2) is 20.5 Å². The van der Waals surface area contributed by atoms with Crippen molar-refractivity contribution in [1.82, 2.24) is 9.38 Å². The van der Waals surface area contributed by atoms with E-state index in [1.807, 2.05) is 22.7 Å². The van der Waals surface area contributed by atoms with Crippen molar-refractivity contribution in [3.8, 4) is 0 Å². The highest BCUT2D eigenvalue weighted by atomic mass is 79.9. The van der Waals surface area contributed by atoms with Gasteiger partial charge in [-0.3, -0.25) is 0 Å². The molecule has 0 aliphatic carbocycles. The average molecular weight is 297 g/mol. The second-order valence-corrected chi connectivity index (χ2v) is 5.21. The standard InChI is InChI=1S/C12H13BrN2O2/c1-7(2)6-9-14-10(12(16)17)11-8(13)4-3-5-15(9)11/h3-5,7H,6H2,1-2H3,(H,16,17). The number of halogens is 1. The average Bonchev–Trinajstić information content (AvgIpc) is 2.58. The molecule has 0 atom stereocenters. The molecule has 4 nitrogen and oxygen atoms in total. The Morgan fingerprint density at radius 3 is 2.88 bits per heavy atom. The second kappa shape index (κ2) is 4.49. The second-order valence-electron chi connectivity index (χ2n) is 4.35. The van der Waals surface area contributed by atoms with E-state index in [-0.39, 0.29) is 5.69 Å². The molecule has 0 unspecified atom stereocenters. The summed E-state index contributed by atoms with van der Waals surface area (Å²) in [6, 6.07) is 3.69. The number of aromatic nitrogens is 2. The van der Waals surface area contributed by atoms with Crippen LogP contribution in [0.5, 0.6) is 0 Å². The molecule has 2 aromatic heterocycles. The first-order valence-corrected chi connectivity index (χ1v) is 6.18. The largest absolute Gasteiger partial charge is 0.476 e. The van der Waals surface area contributed by atoms with Gasteiger partial charge in [-0.05, 0) is 34.0 Å². The third kappa shape index (κ3) is 2.20. The molecule has 2 heterocycles. The molecule has 1 N–H and O–H groups in total. The molecule has 2 rings (SSSR count). The summed E-state index contributed by atoms with van der Waals surface area (Å²) in [5.74, 6) is 0.222. The molecule has 0 radical (unpaired) electrons. The van der Waals surface area contributed by atoms with Gasteiger partial charge >= 0.3 is 5.97 Å². The van der Waals surface area contributed by atoms with Crippen LogP contribution in [-0.2, 0) is 6.42 Å². The molecule has 0 bridgehead atoms. The van der Waals surface area contributed by atoms with Crippen LogP contribution in [0.25, 0.3) is 5.52 Å². The molecule has 0 spiro atoms. The fourth-order valence-corrected chi connectivity index (χ4v) is 2.35. The normalized spacial score (nSPS) is 11.3. The van der Waals surface area contributed by atoms with Gasteiger partial charge in [-0.15, -0.1) is 0 Å². The summed E-state index contributed by atoms with van der Waals surface area (Å²) in [7, 11) is 0. The van der Waals surface area contributed by atoms with Gasteiger partial charge in [0.25, 0.3) is 0 Å². The zero-order valence-electron chi connectivity index (χ0n) is 9.64. The molecular weight excluding hydrogens is 284 g/mol. The van der Waals surface area contributed by atoms with Crippen LogP contribution in [0.3, 0.4) is 0 Å². The lowest BCUT2D eigenvalue weighted by molar-refractivity contribution is 0.0693. The first-order chi connectivity index (χ1) is 8.00. The van der Waals surface area contributed by atoms with Gasteiger partial charge in [-0.2, -0.15) is 0 Å². The van der Waals surface area contributed by atoms with Crippen LogP contribution in [0.2, 0.25) is 0 Å². The monoisotopic (exact) mass is 296 g/mol. The highest BCUT2D eigenvalue weighted by Gasteiger charge is 2.18. The number of rotatable bonds is 3. The van der Waals surface area contributed by atoms with E-state index in [0.717, 1.165) is 16.7 Å². The highest BCUT2D eigenvalue weighted by molar-refractivity contribution is 9.10. The van der Waals surface area contributed by atoms with Crippen LogP contribution < -0.4 is 0 Å². The molecule has 0 aliphatic heterocycles. The van der Waals surface area contributed by atoms with Gasteiger partial charge in [-0.25, -0.2) is 9.78 Å². The zero-order chi connectivity index (χ0) is 12.6. The minimum absolute atomic E-state index is 0.105. The SMILES string of the molecule is CC(C)Cc1nc(C(=O)O)c2c(Br)cccn12. The van der Waals surface area contributed by atoms with Crippen molar-refractivity contribution in [2.75, 3.05) is 0 Å². The quantitative estimate of drug-likeness (QED) is 0.947. The summed E-state index contributed by atoms with van der Waals surface area (Å²) in [5, 5.41) is 9.16. The van der Waals surface area contributed by atoms with Crippen molar-refractivity contribution in [1.29, 1.82) is 0 Å². The molecule has 0 aromatic carbocycles. The minimum Gasteiger partial charge on any atom is -0.476 e. The molecule has 17 heavy (non-hydrogen) atoms. The van der Waals surface area contributed by atoms with Crippen LogP contribution >= 0.6 is 15.9 Å². The summed E-state index contributed by atoms with van der Waals surface area (Å²) < 4.78 is 2.59. The number of carboxylic acids is 1. The van der Waals surface area contributed by atoms with E-state index in [1.165, 1.54) is 0 Å². The van der Waals surface area contributed by atoms with Crippen molar-refractivity contribution >= 4 is 27.4 Å². The first kappa shape index (κ1) is 12.1. The van der Waals surface area contributed by atoms with E-state index in [9.17, 15) is 4.79 Å². The molecular formula is C12H13BrN2O2. The van der Waals surface area contributed by atoms with Crippen molar-refractivity contribution < 1.29 is 9.90 Å². The number of hydrogen-bond donors (Lipinski definition) is 1. The highest BCUT2D eigenvalue weighted by Crippen LogP contribution is 2.24.